The third-order valence-electron chi connectivity index (χ3n) is 3.30. The molecular formula is C16H12F2. The smallest absolute Gasteiger partial charge is 0.159 e. The summed E-state index contributed by atoms with van der Waals surface area (Å²) < 4.78 is 26.3. The van der Waals surface area contributed by atoms with Gasteiger partial charge < -0.3 is 0 Å². The van der Waals surface area contributed by atoms with E-state index in [4.69, 9.17) is 0 Å². The van der Waals surface area contributed by atoms with Gasteiger partial charge in [-0.2, -0.15) is 0 Å². The zero-order valence-corrected chi connectivity index (χ0v) is 9.79. The summed E-state index contributed by atoms with van der Waals surface area (Å²) in [5, 5.41) is 0. The first kappa shape index (κ1) is 11.1. The highest BCUT2D eigenvalue weighted by Gasteiger charge is 2.14. The van der Waals surface area contributed by atoms with E-state index < -0.39 is 11.6 Å². The second kappa shape index (κ2) is 4.37. The molecule has 0 N–H and O–H groups in total. The van der Waals surface area contributed by atoms with Crippen molar-refractivity contribution in [3.8, 4) is 0 Å². The van der Waals surface area contributed by atoms with Crippen molar-refractivity contribution in [2.45, 2.75) is 12.8 Å². The van der Waals surface area contributed by atoms with E-state index in [0.717, 1.165) is 29.5 Å². The van der Waals surface area contributed by atoms with Gasteiger partial charge in [-0.25, -0.2) is 8.78 Å². The van der Waals surface area contributed by atoms with Crippen LogP contribution < -0.4 is 0 Å². The van der Waals surface area contributed by atoms with E-state index in [9.17, 15) is 8.78 Å². The Kier molecular flexibility index (Phi) is 2.71. The molecule has 0 fully saturated rings. The van der Waals surface area contributed by atoms with Crippen LogP contribution in [0.2, 0.25) is 0 Å². The monoisotopic (exact) mass is 242 g/mol. The van der Waals surface area contributed by atoms with E-state index in [2.05, 4.69) is 12.1 Å². The van der Waals surface area contributed by atoms with E-state index >= 15 is 0 Å². The molecule has 2 aromatic carbocycles. The van der Waals surface area contributed by atoms with E-state index in [0.29, 0.717) is 0 Å². The molecule has 18 heavy (non-hydrogen) atoms. The van der Waals surface area contributed by atoms with Crippen molar-refractivity contribution in [1.29, 1.82) is 0 Å². The van der Waals surface area contributed by atoms with Crippen LogP contribution in [0.5, 0.6) is 0 Å². The van der Waals surface area contributed by atoms with E-state index in [1.165, 1.54) is 17.7 Å². The fourth-order valence-corrected chi connectivity index (χ4v) is 2.42. The summed E-state index contributed by atoms with van der Waals surface area (Å²) in [6, 6.07) is 12.2. The molecular weight excluding hydrogens is 230 g/mol. The van der Waals surface area contributed by atoms with Crippen LogP contribution in [-0.2, 0) is 6.42 Å². The zero-order valence-electron chi connectivity index (χ0n) is 9.79. The standard InChI is InChI=1S/C16H12F2/c17-15-9-8-12(10-16(15)18)14-7-3-5-11-4-1-2-6-13(11)14/h1-2,4,6-10H,3,5H2. The number of fused-ring (bicyclic) bond motifs is 1. The molecule has 90 valence electrons. The number of hydrogen-bond donors (Lipinski definition) is 0. The Morgan fingerprint density at radius 2 is 1.72 bits per heavy atom. The molecule has 0 saturated heterocycles. The quantitative estimate of drug-likeness (QED) is 0.697. The second-order valence-electron chi connectivity index (χ2n) is 4.44. The third kappa shape index (κ3) is 1.84. The van der Waals surface area contributed by atoms with Gasteiger partial charge in [0.15, 0.2) is 11.6 Å². The summed E-state index contributed by atoms with van der Waals surface area (Å²) in [4.78, 5) is 0. The number of benzene rings is 2. The fourth-order valence-electron chi connectivity index (χ4n) is 2.42. The van der Waals surface area contributed by atoms with Crippen LogP contribution in [0.15, 0.2) is 48.5 Å². The van der Waals surface area contributed by atoms with E-state index in [-0.39, 0.29) is 0 Å². The first-order valence-electron chi connectivity index (χ1n) is 5.99. The maximum Gasteiger partial charge on any atom is 0.159 e. The predicted octanol–water partition coefficient (Wildman–Crippen LogP) is 4.34. The van der Waals surface area contributed by atoms with Crippen molar-refractivity contribution >= 4 is 5.57 Å². The lowest BCUT2D eigenvalue weighted by molar-refractivity contribution is 0.508. The molecule has 0 radical (unpaired) electrons. The minimum Gasteiger partial charge on any atom is -0.204 e. The van der Waals surface area contributed by atoms with Gasteiger partial charge in [0.05, 0.1) is 0 Å². The zero-order chi connectivity index (χ0) is 12.5. The normalized spacial score (nSPS) is 14.0. The summed E-state index contributed by atoms with van der Waals surface area (Å²) in [6.07, 6.45) is 4.03. The lowest BCUT2D eigenvalue weighted by Crippen LogP contribution is -2.01. The third-order valence-corrected chi connectivity index (χ3v) is 3.30. The van der Waals surface area contributed by atoms with Gasteiger partial charge in [0.1, 0.15) is 0 Å². The van der Waals surface area contributed by atoms with Crippen molar-refractivity contribution in [3.05, 3.63) is 76.9 Å². The maximum atomic E-state index is 13.3. The fraction of sp³-hybridized carbons (Fsp3) is 0.125. The van der Waals surface area contributed by atoms with Gasteiger partial charge in [0, 0.05) is 0 Å². The average molecular weight is 242 g/mol. The Morgan fingerprint density at radius 3 is 2.56 bits per heavy atom. The van der Waals surface area contributed by atoms with Crippen molar-refractivity contribution in [2.75, 3.05) is 0 Å². The molecule has 1 aliphatic rings. The minimum absolute atomic E-state index is 0.737. The Hall–Kier alpha value is -1.96. The van der Waals surface area contributed by atoms with Crippen LogP contribution in [0.3, 0.4) is 0 Å². The minimum atomic E-state index is -0.802. The SMILES string of the molecule is Fc1ccc(C2=CCCc3ccccc32)cc1F. The van der Waals surface area contributed by atoms with Gasteiger partial charge in [-0.3, -0.25) is 0 Å². The molecule has 0 spiro atoms. The van der Waals surface area contributed by atoms with Gasteiger partial charge in [-0.1, -0.05) is 36.4 Å². The number of aryl methyl sites for hydroxylation is 1. The number of hydrogen-bond acceptors (Lipinski definition) is 0. The first-order valence-corrected chi connectivity index (χ1v) is 5.99. The van der Waals surface area contributed by atoms with Crippen molar-refractivity contribution in [2.24, 2.45) is 0 Å². The maximum absolute atomic E-state index is 13.3. The number of halogens is 2. The van der Waals surface area contributed by atoms with Gasteiger partial charge in [-0.15, -0.1) is 0 Å². The molecule has 0 aliphatic heterocycles. The van der Waals surface area contributed by atoms with E-state index in [1.54, 1.807) is 6.07 Å². The molecule has 2 heteroatoms. The molecule has 1 aliphatic carbocycles. The van der Waals surface area contributed by atoms with Crippen LogP contribution in [-0.4, -0.2) is 0 Å². The summed E-state index contributed by atoms with van der Waals surface area (Å²) >= 11 is 0. The summed E-state index contributed by atoms with van der Waals surface area (Å²) in [7, 11) is 0. The average Bonchev–Trinajstić information content (AvgIpc) is 2.41. The topological polar surface area (TPSA) is 0 Å². The molecule has 0 bridgehead atoms. The highest BCUT2D eigenvalue weighted by Crippen LogP contribution is 2.31. The van der Waals surface area contributed by atoms with Gasteiger partial charge >= 0.3 is 0 Å². The predicted molar refractivity (Wildman–Crippen MR) is 68.2 cm³/mol. The van der Waals surface area contributed by atoms with Gasteiger partial charge in [0.2, 0.25) is 0 Å². The molecule has 0 heterocycles. The molecule has 0 amide bonds. The molecule has 0 atom stereocenters. The molecule has 0 saturated carbocycles. The Morgan fingerprint density at radius 1 is 0.889 bits per heavy atom. The van der Waals surface area contributed by atoms with Crippen molar-refractivity contribution in [1.82, 2.24) is 0 Å². The number of allylic oxidation sites excluding steroid dienone is 1. The van der Waals surface area contributed by atoms with Crippen LogP contribution in [0.25, 0.3) is 5.57 Å². The highest BCUT2D eigenvalue weighted by molar-refractivity contribution is 5.82. The Labute approximate surface area is 105 Å². The van der Waals surface area contributed by atoms with Gasteiger partial charge in [0.25, 0.3) is 0 Å². The molecule has 0 unspecified atom stereocenters. The molecule has 2 aromatic rings. The largest absolute Gasteiger partial charge is 0.204 e. The molecule has 0 aromatic heterocycles. The van der Waals surface area contributed by atoms with Crippen LogP contribution in [0.1, 0.15) is 23.1 Å². The molecule has 0 nitrogen and oxygen atoms in total. The second-order valence-corrected chi connectivity index (χ2v) is 4.44. The summed E-state index contributed by atoms with van der Waals surface area (Å²) in [6.45, 7) is 0. The number of rotatable bonds is 1. The first-order chi connectivity index (χ1) is 8.75. The summed E-state index contributed by atoms with van der Waals surface area (Å²) in [5.41, 5.74) is 4.12. The Bertz CT molecular complexity index is 627. The molecule has 3 rings (SSSR count). The van der Waals surface area contributed by atoms with E-state index in [1.807, 2.05) is 18.2 Å². The van der Waals surface area contributed by atoms with Crippen molar-refractivity contribution < 1.29 is 8.78 Å². The van der Waals surface area contributed by atoms with Crippen molar-refractivity contribution in [3.63, 3.8) is 0 Å². The Balaban J connectivity index is 2.12. The van der Waals surface area contributed by atoms with Crippen LogP contribution >= 0.6 is 0 Å². The lowest BCUT2D eigenvalue weighted by Gasteiger charge is -2.18. The van der Waals surface area contributed by atoms with Gasteiger partial charge in [-0.05, 0) is 47.2 Å². The van der Waals surface area contributed by atoms with Crippen LogP contribution in [0, 0.1) is 11.6 Å². The summed E-state index contributed by atoms with van der Waals surface area (Å²) in [5.74, 6) is -1.60. The highest BCUT2D eigenvalue weighted by atomic mass is 19.2. The van der Waals surface area contributed by atoms with Crippen LogP contribution in [0.4, 0.5) is 8.78 Å². The lowest BCUT2D eigenvalue weighted by atomic mass is 9.87.